The van der Waals surface area contributed by atoms with Crippen LogP contribution in [0.1, 0.15) is 46.0 Å². The third-order valence-electron chi connectivity index (χ3n) is 4.27. The molecule has 2 fully saturated rings. The summed E-state index contributed by atoms with van der Waals surface area (Å²) in [5.74, 6) is 2.40. The molecular formula is C13H23ClO. The Kier molecular flexibility index (Phi) is 3.62. The molecule has 1 aliphatic carbocycles. The minimum absolute atomic E-state index is 0.304. The molecule has 2 aliphatic rings. The number of hydrogen-bond acceptors (Lipinski definition) is 1. The van der Waals surface area contributed by atoms with Gasteiger partial charge in [0.05, 0.1) is 6.10 Å². The Morgan fingerprint density at radius 1 is 1.47 bits per heavy atom. The van der Waals surface area contributed by atoms with Crippen LogP contribution in [0.5, 0.6) is 0 Å². The molecule has 0 radical (unpaired) electrons. The molecule has 88 valence electrons. The first-order valence-electron chi connectivity index (χ1n) is 6.39. The summed E-state index contributed by atoms with van der Waals surface area (Å²) in [4.78, 5) is 0. The fraction of sp³-hybridized carbons (Fsp3) is 1.00. The number of hydrogen-bond donors (Lipinski definition) is 0. The van der Waals surface area contributed by atoms with Crippen molar-refractivity contribution in [2.24, 2.45) is 17.3 Å². The van der Waals surface area contributed by atoms with Gasteiger partial charge in [-0.05, 0) is 37.5 Å². The first kappa shape index (κ1) is 11.7. The fourth-order valence-electron chi connectivity index (χ4n) is 3.00. The highest BCUT2D eigenvalue weighted by atomic mass is 35.5. The van der Waals surface area contributed by atoms with Crippen LogP contribution in [-0.4, -0.2) is 18.6 Å². The van der Waals surface area contributed by atoms with E-state index in [-0.39, 0.29) is 0 Å². The third kappa shape index (κ3) is 2.34. The summed E-state index contributed by atoms with van der Waals surface area (Å²) >= 11 is 6.25. The fourth-order valence-corrected chi connectivity index (χ4v) is 3.39. The van der Waals surface area contributed by atoms with E-state index in [0.29, 0.717) is 11.5 Å². The molecule has 0 aromatic rings. The smallest absolute Gasteiger partial charge is 0.0671 e. The van der Waals surface area contributed by atoms with Crippen LogP contribution in [0.25, 0.3) is 0 Å². The summed E-state index contributed by atoms with van der Waals surface area (Å²) in [6, 6.07) is 0. The van der Waals surface area contributed by atoms with E-state index in [2.05, 4.69) is 13.8 Å². The molecule has 0 amide bonds. The Hall–Kier alpha value is 0.250. The van der Waals surface area contributed by atoms with Crippen LogP contribution in [0.2, 0.25) is 0 Å². The Labute approximate surface area is 98.5 Å². The van der Waals surface area contributed by atoms with E-state index >= 15 is 0 Å². The molecule has 1 heterocycles. The highest BCUT2D eigenvalue weighted by molar-refractivity contribution is 6.18. The highest BCUT2D eigenvalue weighted by Gasteiger charge is 2.50. The van der Waals surface area contributed by atoms with Crippen molar-refractivity contribution in [1.82, 2.24) is 0 Å². The summed E-state index contributed by atoms with van der Waals surface area (Å²) in [6.07, 6.45) is 6.91. The first-order valence-corrected chi connectivity index (χ1v) is 6.93. The maximum Gasteiger partial charge on any atom is 0.0671 e. The molecule has 2 rings (SSSR count). The number of alkyl halides is 1. The molecule has 0 spiro atoms. The number of rotatable bonds is 5. The van der Waals surface area contributed by atoms with Gasteiger partial charge in [0.2, 0.25) is 0 Å². The average Bonchev–Trinajstić information content (AvgIpc) is 3.01. The second kappa shape index (κ2) is 4.63. The van der Waals surface area contributed by atoms with Crippen LogP contribution in [0.15, 0.2) is 0 Å². The lowest BCUT2D eigenvalue weighted by atomic mass is 9.74. The van der Waals surface area contributed by atoms with E-state index in [1.165, 1.54) is 32.1 Å². The van der Waals surface area contributed by atoms with Crippen molar-refractivity contribution in [1.29, 1.82) is 0 Å². The first-order chi connectivity index (χ1) is 7.22. The van der Waals surface area contributed by atoms with Gasteiger partial charge in [0, 0.05) is 17.9 Å². The standard InChI is InChI=1S/C13H23ClO/c1-3-10(2)8-13(9-14)6-7-15-12(13)11-4-5-11/h10-12H,3-9H2,1-2H3. The molecule has 1 nitrogen and oxygen atoms in total. The van der Waals surface area contributed by atoms with Gasteiger partial charge in [-0.1, -0.05) is 20.3 Å². The van der Waals surface area contributed by atoms with Crippen molar-refractivity contribution in [2.75, 3.05) is 12.5 Å². The van der Waals surface area contributed by atoms with Gasteiger partial charge in [0.1, 0.15) is 0 Å². The maximum atomic E-state index is 6.25. The molecule has 0 N–H and O–H groups in total. The molecule has 1 aliphatic heterocycles. The minimum Gasteiger partial charge on any atom is -0.377 e. The predicted molar refractivity (Wildman–Crippen MR) is 64.3 cm³/mol. The molecule has 3 atom stereocenters. The Bertz CT molecular complexity index is 215. The van der Waals surface area contributed by atoms with E-state index in [4.69, 9.17) is 16.3 Å². The molecule has 0 bridgehead atoms. The predicted octanol–water partition coefficient (Wildman–Crippen LogP) is 3.85. The van der Waals surface area contributed by atoms with Gasteiger partial charge in [0.15, 0.2) is 0 Å². The molecule has 2 heteroatoms. The quantitative estimate of drug-likeness (QED) is 0.652. The van der Waals surface area contributed by atoms with Crippen molar-refractivity contribution < 1.29 is 4.74 Å². The molecule has 0 aromatic carbocycles. The third-order valence-corrected chi connectivity index (χ3v) is 4.80. The van der Waals surface area contributed by atoms with Gasteiger partial charge in [-0.15, -0.1) is 11.6 Å². The van der Waals surface area contributed by atoms with Gasteiger partial charge in [-0.2, -0.15) is 0 Å². The van der Waals surface area contributed by atoms with Crippen molar-refractivity contribution >= 4 is 11.6 Å². The average molecular weight is 231 g/mol. The van der Waals surface area contributed by atoms with E-state index in [1.807, 2.05) is 0 Å². The Balaban J connectivity index is 2.04. The molecular weight excluding hydrogens is 208 g/mol. The van der Waals surface area contributed by atoms with E-state index in [9.17, 15) is 0 Å². The second-order valence-corrected chi connectivity index (χ2v) is 5.86. The van der Waals surface area contributed by atoms with Crippen LogP contribution >= 0.6 is 11.6 Å². The zero-order valence-corrected chi connectivity index (χ0v) is 10.7. The summed E-state index contributed by atoms with van der Waals surface area (Å²) < 4.78 is 5.94. The summed E-state index contributed by atoms with van der Waals surface area (Å²) in [5.41, 5.74) is 0.304. The SMILES string of the molecule is CCC(C)CC1(CCl)CCOC1C1CC1. The van der Waals surface area contributed by atoms with Crippen LogP contribution in [0.4, 0.5) is 0 Å². The van der Waals surface area contributed by atoms with E-state index in [1.54, 1.807) is 0 Å². The lowest BCUT2D eigenvalue weighted by Gasteiger charge is -2.34. The zero-order valence-electron chi connectivity index (χ0n) is 9.97. The van der Waals surface area contributed by atoms with E-state index < -0.39 is 0 Å². The van der Waals surface area contributed by atoms with Crippen molar-refractivity contribution in [3.05, 3.63) is 0 Å². The van der Waals surface area contributed by atoms with Crippen LogP contribution in [0.3, 0.4) is 0 Å². The van der Waals surface area contributed by atoms with Crippen molar-refractivity contribution in [3.8, 4) is 0 Å². The van der Waals surface area contributed by atoms with Crippen LogP contribution in [-0.2, 0) is 4.74 Å². The molecule has 1 saturated heterocycles. The summed E-state index contributed by atoms with van der Waals surface area (Å²) in [5, 5.41) is 0. The number of halogens is 1. The second-order valence-electron chi connectivity index (χ2n) is 5.59. The normalized spacial score (nSPS) is 38.2. The Morgan fingerprint density at radius 3 is 2.73 bits per heavy atom. The number of ether oxygens (including phenoxy) is 1. The maximum absolute atomic E-state index is 6.25. The molecule has 0 aromatic heterocycles. The lowest BCUT2D eigenvalue weighted by Crippen LogP contribution is -2.36. The van der Waals surface area contributed by atoms with Gasteiger partial charge in [-0.3, -0.25) is 0 Å². The monoisotopic (exact) mass is 230 g/mol. The van der Waals surface area contributed by atoms with Crippen molar-refractivity contribution in [3.63, 3.8) is 0 Å². The summed E-state index contributed by atoms with van der Waals surface area (Å²) in [6.45, 7) is 5.55. The molecule has 15 heavy (non-hydrogen) atoms. The minimum atomic E-state index is 0.304. The molecule has 3 unspecified atom stereocenters. The van der Waals surface area contributed by atoms with Crippen molar-refractivity contribution in [2.45, 2.75) is 52.1 Å². The summed E-state index contributed by atoms with van der Waals surface area (Å²) in [7, 11) is 0. The lowest BCUT2D eigenvalue weighted by molar-refractivity contribution is 0.0300. The van der Waals surface area contributed by atoms with E-state index in [0.717, 1.165) is 24.3 Å². The van der Waals surface area contributed by atoms with Crippen LogP contribution in [0, 0.1) is 17.3 Å². The van der Waals surface area contributed by atoms with Gasteiger partial charge < -0.3 is 4.74 Å². The van der Waals surface area contributed by atoms with Gasteiger partial charge in [-0.25, -0.2) is 0 Å². The Morgan fingerprint density at radius 2 is 2.20 bits per heavy atom. The van der Waals surface area contributed by atoms with Gasteiger partial charge in [0.25, 0.3) is 0 Å². The van der Waals surface area contributed by atoms with Gasteiger partial charge >= 0.3 is 0 Å². The topological polar surface area (TPSA) is 9.23 Å². The molecule has 1 saturated carbocycles. The highest BCUT2D eigenvalue weighted by Crippen LogP contribution is 2.51. The van der Waals surface area contributed by atoms with Crippen LogP contribution < -0.4 is 0 Å². The largest absolute Gasteiger partial charge is 0.377 e. The zero-order chi connectivity index (χ0) is 10.9.